The van der Waals surface area contributed by atoms with Crippen molar-refractivity contribution in [1.82, 2.24) is 5.32 Å². The molecular weight excluding hydrogens is 326 g/mol. The van der Waals surface area contributed by atoms with E-state index in [1.54, 1.807) is 12.1 Å². The predicted octanol–water partition coefficient (Wildman–Crippen LogP) is 1.82. The molecule has 0 aliphatic carbocycles. The fourth-order valence-corrected chi connectivity index (χ4v) is 4.75. The van der Waals surface area contributed by atoms with E-state index in [9.17, 15) is 13.2 Å². The summed E-state index contributed by atoms with van der Waals surface area (Å²) < 4.78 is 23.7. The standard InChI is InChI=1S/C10H12BrNO3S2/c11-9-4-3-8(16-9)10(13)12-7-2-1-5-17(14,15)6-7/h3-4,7H,1-2,5-6H2,(H,12,13). The number of halogens is 1. The number of hydrogen-bond donors (Lipinski definition) is 1. The van der Waals surface area contributed by atoms with Crippen molar-refractivity contribution in [2.75, 3.05) is 11.5 Å². The van der Waals surface area contributed by atoms with Crippen molar-refractivity contribution in [2.24, 2.45) is 0 Å². The second-order valence-electron chi connectivity index (χ2n) is 4.03. The first-order chi connectivity index (χ1) is 7.96. The topological polar surface area (TPSA) is 63.2 Å². The summed E-state index contributed by atoms with van der Waals surface area (Å²) in [5, 5.41) is 2.78. The minimum atomic E-state index is -2.98. The first kappa shape index (κ1) is 13.0. The maximum absolute atomic E-state index is 11.8. The molecule has 1 saturated heterocycles. The van der Waals surface area contributed by atoms with Crippen LogP contribution in [0.1, 0.15) is 22.5 Å². The van der Waals surface area contributed by atoms with E-state index >= 15 is 0 Å². The van der Waals surface area contributed by atoms with Crippen LogP contribution in [-0.4, -0.2) is 31.9 Å². The van der Waals surface area contributed by atoms with Crippen molar-refractivity contribution in [2.45, 2.75) is 18.9 Å². The van der Waals surface area contributed by atoms with E-state index in [4.69, 9.17) is 0 Å². The molecule has 2 heterocycles. The molecule has 0 bridgehead atoms. The average Bonchev–Trinajstić information content (AvgIpc) is 2.63. The zero-order chi connectivity index (χ0) is 12.5. The Morgan fingerprint density at radius 3 is 2.82 bits per heavy atom. The summed E-state index contributed by atoms with van der Waals surface area (Å²) in [4.78, 5) is 12.4. The molecule has 2 rings (SSSR count). The lowest BCUT2D eigenvalue weighted by Gasteiger charge is -2.22. The maximum Gasteiger partial charge on any atom is 0.261 e. The number of amides is 1. The van der Waals surface area contributed by atoms with Gasteiger partial charge in [0.25, 0.3) is 5.91 Å². The summed E-state index contributed by atoms with van der Waals surface area (Å²) in [5.41, 5.74) is 0. The lowest BCUT2D eigenvalue weighted by molar-refractivity contribution is 0.0942. The highest BCUT2D eigenvalue weighted by molar-refractivity contribution is 9.11. The summed E-state index contributed by atoms with van der Waals surface area (Å²) in [5.74, 6) is 0.109. The van der Waals surface area contributed by atoms with Gasteiger partial charge in [-0.05, 0) is 40.9 Å². The molecule has 1 N–H and O–H groups in total. The van der Waals surface area contributed by atoms with Gasteiger partial charge in [-0.3, -0.25) is 4.79 Å². The minimum Gasteiger partial charge on any atom is -0.348 e. The molecule has 0 aromatic carbocycles. The van der Waals surface area contributed by atoms with Gasteiger partial charge in [-0.25, -0.2) is 8.42 Å². The molecule has 4 nitrogen and oxygen atoms in total. The third-order valence-corrected chi connectivity index (χ3v) is 6.04. The highest BCUT2D eigenvalue weighted by Gasteiger charge is 2.26. The third-order valence-electron chi connectivity index (χ3n) is 2.60. The fourth-order valence-electron chi connectivity index (χ4n) is 1.83. The van der Waals surface area contributed by atoms with Crippen LogP contribution < -0.4 is 5.32 Å². The van der Waals surface area contributed by atoms with E-state index in [0.717, 1.165) is 10.2 Å². The lowest BCUT2D eigenvalue weighted by Crippen LogP contribution is -2.42. The quantitative estimate of drug-likeness (QED) is 0.895. The Balaban J connectivity index is 1.99. The number of nitrogens with one attached hydrogen (secondary N) is 1. The van der Waals surface area contributed by atoms with Crippen LogP contribution in [0.2, 0.25) is 0 Å². The summed E-state index contributed by atoms with van der Waals surface area (Å²) >= 11 is 4.63. The largest absolute Gasteiger partial charge is 0.348 e. The molecule has 1 unspecified atom stereocenters. The van der Waals surface area contributed by atoms with Crippen LogP contribution in [0.5, 0.6) is 0 Å². The molecule has 1 aliphatic heterocycles. The number of rotatable bonds is 2. The van der Waals surface area contributed by atoms with Crippen LogP contribution in [0.15, 0.2) is 15.9 Å². The Hall–Kier alpha value is -0.400. The van der Waals surface area contributed by atoms with Crippen LogP contribution in [0.25, 0.3) is 0 Å². The number of thiophene rings is 1. The van der Waals surface area contributed by atoms with E-state index in [2.05, 4.69) is 21.2 Å². The van der Waals surface area contributed by atoms with Gasteiger partial charge >= 0.3 is 0 Å². The molecule has 94 valence electrons. The van der Waals surface area contributed by atoms with Gasteiger partial charge < -0.3 is 5.32 Å². The summed E-state index contributed by atoms with van der Waals surface area (Å²) in [6.45, 7) is 0. The highest BCUT2D eigenvalue weighted by atomic mass is 79.9. The molecule has 1 aromatic heterocycles. The van der Waals surface area contributed by atoms with Crippen molar-refractivity contribution in [1.29, 1.82) is 0 Å². The van der Waals surface area contributed by atoms with Gasteiger partial charge in [-0.1, -0.05) is 0 Å². The van der Waals surface area contributed by atoms with E-state index < -0.39 is 9.84 Å². The average molecular weight is 338 g/mol. The monoisotopic (exact) mass is 337 g/mol. The second kappa shape index (κ2) is 5.07. The molecule has 1 fully saturated rings. The Morgan fingerprint density at radius 2 is 2.24 bits per heavy atom. The lowest BCUT2D eigenvalue weighted by atomic mass is 10.2. The molecule has 1 aliphatic rings. The van der Waals surface area contributed by atoms with Gasteiger partial charge in [-0.2, -0.15) is 0 Å². The van der Waals surface area contributed by atoms with Crippen LogP contribution in [0.4, 0.5) is 0 Å². The smallest absolute Gasteiger partial charge is 0.261 e. The van der Waals surface area contributed by atoms with Gasteiger partial charge in [0.15, 0.2) is 9.84 Å². The Labute approximate surface area is 112 Å². The Bertz CT molecular complexity index is 523. The molecule has 0 spiro atoms. The van der Waals surface area contributed by atoms with Crippen LogP contribution in [0, 0.1) is 0 Å². The van der Waals surface area contributed by atoms with Gasteiger partial charge in [0.05, 0.1) is 20.2 Å². The predicted molar refractivity (Wildman–Crippen MR) is 71.2 cm³/mol. The molecule has 7 heteroatoms. The number of hydrogen-bond acceptors (Lipinski definition) is 4. The van der Waals surface area contributed by atoms with Gasteiger partial charge in [0.2, 0.25) is 0 Å². The molecule has 1 amide bonds. The van der Waals surface area contributed by atoms with Gasteiger partial charge in [0.1, 0.15) is 0 Å². The van der Waals surface area contributed by atoms with E-state index in [0.29, 0.717) is 11.3 Å². The van der Waals surface area contributed by atoms with Gasteiger partial charge in [0, 0.05) is 6.04 Å². The van der Waals surface area contributed by atoms with Gasteiger partial charge in [-0.15, -0.1) is 11.3 Å². The normalized spacial score (nSPS) is 23.2. The number of carbonyl (C=O) groups is 1. The first-order valence-electron chi connectivity index (χ1n) is 5.23. The zero-order valence-corrected chi connectivity index (χ0v) is 12.2. The van der Waals surface area contributed by atoms with Crippen LogP contribution in [0.3, 0.4) is 0 Å². The first-order valence-corrected chi connectivity index (χ1v) is 8.66. The molecule has 1 atom stereocenters. The minimum absolute atomic E-state index is 0.0608. The third kappa shape index (κ3) is 3.53. The fraction of sp³-hybridized carbons (Fsp3) is 0.500. The van der Waals surface area contributed by atoms with Crippen molar-refractivity contribution in [3.05, 3.63) is 20.8 Å². The van der Waals surface area contributed by atoms with E-state index in [1.165, 1.54) is 11.3 Å². The van der Waals surface area contributed by atoms with E-state index in [1.807, 2.05) is 0 Å². The highest BCUT2D eigenvalue weighted by Crippen LogP contribution is 2.22. The van der Waals surface area contributed by atoms with Crippen molar-refractivity contribution in [3.8, 4) is 0 Å². The molecule has 0 radical (unpaired) electrons. The summed E-state index contributed by atoms with van der Waals surface area (Å²) in [6.07, 6.45) is 1.36. The van der Waals surface area contributed by atoms with Crippen molar-refractivity contribution < 1.29 is 13.2 Å². The van der Waals surface area contributed by atoms with Crippen LogP contribution >= 0.6 is 27.3 Å². The summed E-state index contributed by atoms with van der Waals surface area (Å²) in [6, 6.07) is 3.28. The zero-order valence-electron chi connectivity index (χ0n) is 8.98. The molecule has 0 saturated carbocycles. The maximum atomic E-state index is 11.8. The Kier molecular flexibility index (Phi) is 3.89. The van der Waals surface area contributed by atoms with Crippen molar-refractivity contribution in [3.63, 3.8) is 0 Å². The Morgan fingerprint density at radius 1 is 1.47 bits per heavy atom. The molecule has 1 aromatic rings. The van der Waals surface area contributed by atoms with E-state index in [-0.39, 0.29) is 23.5 Å². The van der Waals surface area contributed by atoms with Crippen molar-refractivity contribution >= 4 is 43.0 Å². The van der Waals surface area contributed by atoms with Crippen LogP contribution in [-0.2, 0) is 9.84 Å². The number of carbonyl (C=O) groups excluding carboxylic acids is 1. The molecule has 17 heavy (non-hydrogen) atoms. The second-order valence-corrected chi connectivity index (χ2v) is 8.72. The molecular formula is C10H12BrNO3S2. The number of sulfone groups is 1. The summed E-state index contributed by atoms with van der Waals surface area (Å²) in [7, 11) is -2.98. The SMILES string of the molecule is O=C(NC1CCCS(=O)(=O)C1)c1ccc(Br)s1.